The smallest absolute Gasteiger partial charge is 0.123 e. The molecule has 3 aromatic rings. The average molecular weight is 411 g/mol. The predicted octanol–water partition coefficient (Wildman–Crippen LogP) is 5.19. The third kappa shape index (κ3) is 4.27. The van der Waals surface area contributed by atoms with Gasteiger partial charge in [-0.05, 0) is 43.2 Å². The topological polar surface area (TPSA) is 34.0 Å². The van der Waals surface area contributed by atoms with E-state index in [0.717, 1.165) is 53.6 Å². The average Bonchev–Trinajstić information content (AvgIpc) is 3.20. The van der Waals surface area contributed by atoms with E-state index in [0.29, 0.717) is 12.5 Å². The summed E-state index contributed by atoms with van der Waals surface area (Å²) < 4.78 is 15.3. The van der Waals surface area contributed by atoms with Crippen LogP contribution < -0.4 is 0 Å². The molecule has 0 unspecified atom stereocenters. The number of aryl methyl sites for hydroxylation is 1. The molecule has 0 atom stereocenters. The van der Waals surface area contributed by atoms with Crippen LogP contribution in [0.5, 0.6) is 0 Å². The Morgan fingerprint density at radius 2 is 1.93 bits per heavy atom. The summed E-state index contributed by atoms with van der Waals surface area (Å²) in [5.41, 5.74) is 5.30. The van der Waals surface area contributed by atoms with Gasteiger partial charge in [-0.2, -0.15) is 5.10 Å². The van der Waals surface area contributed by atoms with Crippen LogP contribution in [0.1, 0.15) is 41.0 Å². The molecular formula is C23H27FN4S. The van der Waals surface area contributed by atoms with Crippen molar-refractivity contribution in [3.05, 3.63) is 69.7 Å². The van der Waals surface area contributed by atoms with Gasteiger partial charge in [0, 0.05) is 47.8 Å². The molecule has 0 N–H and O–H groups in total. The lowest BCUT2D eigenvalue weighted by Crippen LogP contribution is -2.28. The van der Waals surface area contributed by atoms with Gasteiger partial charge in [-0.3, -0.25) is 4.68 Å². The molecule has 6 heteroatoms. The van der Waals surface area contributed by atoms with E-state index in [1.807, 2.05) is 11.3 Å². The molecule has 0 aliphatic carbocycles. The minimum atomic E-state index is -0.231. The monoisotopic (exact) mass is 410 g/mol. The Balaban J connectivity index is 1.51. The first kappa shape index (κ1) is 19.8. The van der Waals surface area contributed by atoms with E-state index >= 15 is 0 Å². The molecule has 0 saturated carbocycles. The van der Waals surface area contributed by atoms with Crippen molar-refractivity contribution in [1.82, 2.24) is 19.7 Å². The highest BCUT2D eigenvalue weighted by molar-refractivity contribution is 7.11. The SMILES string of the molecule is C=C(Cn1nc(-c2ccc(F)cc2)cc1C(C)C)N1CCc2nc(C)sc2CC1. The van der Waals surface area contributed by atoms with Crippen LogP contribution in [-0.2, 0) is 19.4 Å². The molecule has 1 aliphatic rings. The van der Waals surface area contributed by atoms with E-state index in [1.54, 1.807) is 12.1 Å². The summed E-state index contributed by atoms with van der Waals surface area (Å²) in [5.74, 6) is 0.109. The van der Waals surface area contributed by atoms with Crippen LogP contribution in [0.4, 0.5) is 4.39 Å². The second-order valence-electron chi connectivity index (χ2n) is 7.93. The van der Waals surface area contributed by atoms with Gasteiger partial charge in [-0.25, -0.2) is 9.37 Å². The highest BCUT2D eigenvalue weighted by atomic mass is 32.1. The second kappa shape index (κ2) is 8.11. The number of nitrogens with zero attached hydrogens (tertiary/aromatic N) is 4. The van der Waals surface area contributed by atoms with Crippen LogP contribution in [0.3, 0.4) is 0 Å². The fraction of sp³-hybridized carbons (Fsp3) is 0.391. The summed E-state index contributed by atoms with van der Waals surface area (Å²) in [6.45, 7) is 13.4. The largest absolute Gasteiger partial charge is 0.373 e. The minimum Gasteiger partial charge on any atom is -0.373 e. The Bertz CT molecular complexity index is 991. The molecule has 29 heavy (non-hydrogen) atoms. The normalized spacial score (nSPS) is 14.2. The van der Waals surface area contributed by atoms with Gasteiger partial charge in [0.15, 0.2) is 0 Å². The Morgan fingerprint density at radius 1 is 1.21 bits per heavy atom. The molecule has 0 saturated heterocycles. The van der Waals surface area contributed by atoms with E-state index in [2.05, 4.69) is 48.0 Å². The van der Waals surface area contributed by atoms with Gasteiger partial charge >= 0.3 is 0 Å². The summed E-state index contributed by atoms with van der Waals surface area (Å²) in [5, 5.41) is 5.99. The molecule has 0 radical (unpaired) electrons. The number of rotatable bonds is 5. The van der Waals surface area contributed by atoms with Crippen molar-refractivity contribution in [1.29, 1.82) is 0 Å². The van der Waals surface area contributed by atoms with Crippen molar-refractivity contribution < 1.29 is 4.39 Å². The summed E-state index contributed by atoms with van der Waals surface area (Å²) >= 11 is 1.82. The zero-order valence-corrected chi connectivity index (χ0v) is 18.1. The van der Waals surface area contributed by atoms with Gasteiger partial charge in [0.1, 0.15) is 5.82 Å². The Labute approximate surface area is 175 Å². The Hall–Kier alpha value is -2.47. The third-order valence-electron chi connectivity index (χ3n) is 5.43. The number of halogens is 1. The van der Waals surface area contributed by atoms with E-state index in [1.165, 1.54) is 22.7 Å². The van der Waals surface area contributed by atoms with Gasteiger partial charge < -0.3 is 4.90 Å². The van der Waals surface area contributed by atoms with Crippen LogP contribution in [0.2, 0.25) is 0 Å². The van der Waals surface area contributed by atoms with Gasteiger partial charge in [0.25, 0.3) is 0 Å². The van der Waals surface area contributed by atoms with Crippen LogP contribution in [0.15, 0.2) is 42.6 Å². The second-order valence-corrected chi connectivity index (χ2v) is 9.22. The Kier molecular flexibility index (Phi) is 5.54. The summed E-state index contributed by atoms with van der Waals surface area (Å²) in [7, 11) is 0. The first-order chi connectivity index (χ1) is 13.9. The van der Waals surface area contributed by atoms with E-state index < -0.39 is 0 Å². The standard InChI is InChI=1S/C23H27FN4S/c1-15(2)22-13-21(18-5-7-19(24)8-6-18)26-28(22)14-16(3)27-11-9-20-23(10-12-27)29-17(4)25-20/h5-8,13,15H,3,9-12,14H2,1-2,4H3. The fourth-order valence-corrected chi connectivity index (χ4v) is 4.84. The van der Waals surface area contributed by atoms with Crippen LogP contribution in [-0.4, -0.2) is 32.8 Å². The highest BCUT2D eigenvalue weighted by Gasteiger charge is 2.20. The van der Waals surface area contributed by atoms with Crippen LogP contribution >= 0.6 is 11.3 Å². The molecule has 4 nitrogen and oxygen atoms in total. The summed E-state index contributed by atoms with van der Waals surface area (Å²) in [6.07, 6.45) is 1.99. The van der Waals surface area contributed by atoms with Crippen LogP contribution in [0.25, 0.3) is 11.3 Å². The zero-order chi connectivity index (χ0) is 20.5. The maximum atomic E-state index is 13.3. The Morgan fingerprint density at radius 3 is 2.66 bits per heavy atom. The number of aromatic nitrogens is 3. The van der Waals surface area contributed by atoms with Gasteiger partial charge in [-0.15, -0.1) is 11.3 Å². The predicted molar refractivity (Wildman–Crippen MR) is 117 cm³/mol. The summed E-state index contributed by atoms with van der Waals surface area (Å²) in [4.78, 5) is 8.47. The van der Waals surface area contributed by atoms with Gasteiger partial charge in [-0.1, -0.05) is 20.4 Å². The number of benzene rings is 1. The molecule has 1 aliphatic heterocycles. The van der Waals surface area contributed by atoms with Crippen molar-refractivity contribution in [3.8, 4) is 11.3 Å². The van der Waals surface area contributed by atoms with Crippen molar-refractivity contribution in [2.24, 2.45) is 0 Å². The molecule has 4 rings (SSSR count). The highest BCUT2D eigenvalue weighted by Crippen LogP contribution is 2.26. The molecule has 1 aromatic carbocycles. The van der Waals surface area contributed by atoms with Gasteiger partial charge in [0.2, 0.25) is 0 Å². The molecule has 3 heterocycles. The van der Waals surface area contributed by atoms with E-state index in [4.69, 9.17) is 5.10 Å². The molecule has 0 bridgehead atoms. The van der Waals surface area contributed by atoms with E-state index in [9.17, 15) is 4.39 Å². The number of hydrogen-bond acceptors (Lipinski definition) is 4. The first-order valence-corrected chi connectivity index (χ1v) is 10.9. The first-order valence-electron chi connectivity index (χ1n) is 10.1. The van der Waals surface area contributed by atoms with Crippen LogP contribution in [0, 0.1) is 12.7 Å². The lowest BCUT2D eigenvalue weighted by atomic mass is 10.1. The summed E-state index contributed by atoms with van der Waals surface area (Å²) in [6, 6.07) is 8.63. The number of hydrogen-bond donors (Lipinski definition) is 0. The van der Waals surface area contributed by atoms with Crippen molar-refractivity contribution >= 4 is 11.3 Å². The zero-order valence-electron chi connectivity index (χ0n) is 17.3. The third-order valence-corrected chi connectivity index (χ3v) is 6.51. The number of fused-ring (bicyclic) bond motifs is 1. The van der Waals surface area contributed by atoms with Crippen molar-refractivity contribution in [2.75, 3.05) is 13.1 Å². The number of allylic oxidation sites excluding steroid dienone is 1. The maximum Gasteiger partial charge on any atom is 0.123 e. The molecule has 0 fully saturated rings. The molecule has 152 valence electrons. The van der Waals surface area contributed by atoms with E-state index in [-0.39, 0.29) is 5.82 Å². The molecule has 0 amide bonds. The molecule has 0 spiro atoms. The van der Waals surface area contributed by atoms with Crippen molar-refractivity contribution in [3.63, 3.8) is 0 Å². The lowest BCUT2D eigenvalue weighted by Gasteiger charge is -2.25. The fourth-order valence-electron chi connectivity index (χ4n) is 3.87. The quantitative estimate of drug-likeness (QED) is 0.580. The maximum absolute atomic E-state index is 13.3. The van der Waals surface area contributed by atoms with Gasteiger partial charge in [0.05, 0.1) is 22.9 Å². The minimum absolute atomic E-state index is 0.231. The molecular weight excluding hydrogens is 383 g/mol. The molecule has 2 aromatic heterocycles. The lowest BCUT2D eigenvalue weighted by molar-refractivity contribution is 0.336. The number of thiazole rings is 1. The van der Waals surface area contributed by atoms with Crippen molar-refractivity contribution in [2.45, 2.75) is 46.1 Å².